The Labute approximate surface area is 131 Å². The van der Waals surface area contributed by atoms with Gasteiger partial charge in [0.15, 0.2) is 0 Å². The van der Waals surface area contributed by atoms with Gasteiger partial charge in [-0.15, -0.1) is 11.8 Å². The molecule has 0 bridgehead atoms. The van der Waals surface area contributed by atoms with Gasteiger partial charge in [0.1, 0.15) is 5.54 Å². The van der Waals surface area contributed by atoms with Crippen molar-refractivity contribution < 1.29 is 14.7 Å². The van der Waals surface area contributed by atoms with Gasteiger partial charge in [-0.2, -0.15) is 0 Å². The van der Waals surface area contributed by atoms with E-state index < -0.39 is 11.5 Å². The molecule has 1 aromatic rings. The lowest BCUT2D eigenvalue weighted by atomic mass is 9.93. The molecular weight excluding hydrogens is 342 g/mol. The van der Waals surface area contributed by atoms with E-state index in [0.29, 0.717) is 12.8 Å². The van der Waals surface area contributed by atoms with Gasteiger partial charge in [0, 0.05) is 9.37 Å². The van der Waals surface area contributed by atoms with Crippen LogP contribution in [0.2, 0.25) is 0 Å². The van der Waals surface area contributed by atoms with Crippen LogP contribution in [-0.2, 0) is 9.59 Å². The number of carbonyl (C=O) groups is 2. The molecule has 0 unspecified atom stereocenters. The number of rotatable bonds is 7. The van der Waals surface area contributed by atoms with E-state index in [9.17, 15) is 14.7 Å². The first kappa shape index (κ1) is 17.0. The van der Waals surface area contributed by atoms with Crippen molar-refractivity contribution in [1.82, 2.24) is 5.32 Å². The topological polar surface area (TPSA) is 66.4 Å². The van der Waals surface area contributed by atoms with E-state index in [4.69, 9.17) is 0 Å². The average molecular weight is 360 g/mol. The third-order valence-corrected chi connectivity index (χ3v) is 4.72. The largest absolute Gasteiger partial charge is 0.480 e. The first-order chi connectivity index (χ1) is 9.43. The molecule has 0 radical (unpaired) electrons. The molecular formula is C14H18BrNO3S. The van der Waals surface area contributed by atoms with E-state index >= 15 is 0 Å². The maximum Gasteiger partial charge on any atom is 0.329 e. The summed E-state index contributed by atoms with van der Waals surface area (Å²) in [5, 5.41) is 11.9. The van der Waals surface area contributed by atoms with E-state index in [1.54, 1.807) is 13.8 Å². The third kappa shape index (κ3) is 4.52. The summed E-state index contributed by atoms with van der Waals surface area (Å²) >= 11 is 4.73. The number of amides is 1. The number of carboxylic acid groups (broad SMARTS) is 1. The minimum atomic E-state index is -1.16. The molecule has 0 aliphatic heterocycles. The Morgan fingerprint density at radius 1 is 1.25 bits per heavy atom. The van der Waals surface area contributed by atoms with Crippen LogP contribution in [0.5, 0.6) is 0 Å². The average Bonchev–Trinajstić information content (AvgIpc) is 2.44. The SMILES string of the molecule is CCC(CC)(NC(=O)CSc1ccc(Br)cc1)C(=O)O. The van der Waals surface area contributed by atoms with Crippen LogP contribution in [0.15, 0.2) is 33.6 Å². The standard InChI is InChI=1S/C14H18BrNO3S/c1-3-14(4-2,13(18)19)16-12(17)9-20-11-7-5-10(15)6-8-11/h5-8H,3-4,9H2,1-2H3,(H,16,17)(H,18,19). The van der Waals surface area contributed by atoms with Crippen LogP contribution >= 0.6 is 27.7 Å². The molecule has 0 aliphatic carbocycles. The lowest BCUT2D eigenvalue weighted by molar-refractivity contribution is -0.147. The van der Waals surface area contributed by atoms with Crippen molar-refractivity contribution in [2.24, 2.45) is 0 Å². The maximum absolute atomic E-state index is 11.9. The summed E-state index contributed by atoms with van der Waals surface area (Å²) in [5.74, 6) is -1.04. The molecule has 1 aromatic carbocycles. The van der Waals surface area contributed by atoms with Crippen LogP contribution < -0.4 is 5.32 Å². The molecule has 0 saturated heterocycles. The summed E-state index contributed by atoms with van der Waals surface area (Å²) in [6, 6.07) is 7.62. The molecule has 0 fully saturated rings. The van der Waals surface area contributed by atoms with Crippen molar-refractivity contribution in [3.63, 3.8) is 0 Å². The zero-order valence-electron chi connectivity index (χ0n) is 11.5. The summed E-state index contributed by atoms with van der Waals surface area (Å²) in [7, 11) is 0. The van der Waals surface area contributed by atoms with Crippen molar-refractivity contribution in [3.8, 4) is 0 Å². The predicted octanol–water partition coefficient (Wildman–Crippen LogP) is 3.30. The summed E-state index contributed by atoms with van der Waals surface area (Å²) in [4.78, 5) is 24.2. The molecule has 4 nitrogen and oxygen atoms in total. The predicted molar refractivity (Wildman–Crippen MR) is 84.0 cm³/mol. The number of carboxylic acids is 1. The molecule has 1 rings (SSSR count). The lowest BCUT2D eigenvalue weighted by Gasteiger charge is -2.27. The minimum absolute atomic E-state index is 0.205. The van der Waals surface area contributed by atoms with Gasteiger partial charge in [-0.1, -0.05) is 29.8 Å². The summed E-state index contributed by atoms with van der Waals surface area (Å²) in [5.41, 5.74) is -1.16. The van der Waals surface area contributed by atoms with Gasteiger partial charge in [0.05, 0.1) is 5.75 Å². The van der Waals surface area contributed by atoms with Gasteiger partial charge in [-0.3, -0.25) is 4.79 Å². The van der Waals surface area contributed by atoms with Gasteiger partial charge >= 0.3 is 5.97 Å². The number of halogens is 1. The van der Waals surface area contributed by atoms with Crippen molar-refractivity contribution in [3.05, 3.63) is 28.7 Å². The summed E-state index contributed by atoms with van der Waals surface area (Å²) in [6.07, 6.45) is 0.737. The Morgan fingerprint density at radius 2 is 1.80 bits per heavy atom. The van der Waals surface area contributed by atoms with E-state index in [0.717, 1.165) is 9.37 Å². The molecule has 0 aliphatic rings. The fraction of sp³-hybridized carbons (Fsp3) is 0.429. The van der Waals surface area contributed by atoms with E-state index in [1.807, 2.05) is 24.3 Å². The van der Waals surface area contributed by atoms with Crippen molar-refractivity contribution in [2.75, 3.05) is 5.75 Å². The van der Waals surface area contributed by atoms with Crippen LogP contribution in [0, 0.1) is 0 Å². The van der Waals surface area contributed by atoms with E-state index in [1.165, 1.54) is 11.8 Å². The molecule has 110 valence electrons. The second kappa shape index (κ2) is 7.69. The van der Waals surface area contributed by atoms with Gasteiger partial charge in [-0.05, 0) is 37.1 Å². The van der Waals surface area contributed by atoms with Gasteiger partial charge < -0.3 is 10.4 Å². The number of benzene rings is 1. The molecule has 0 heterocycles. The highest BCUT2D eigenvalue weighted by molar-refractivity contribution is 9.10. The second-order valence-electron chi connectivity index (χ2n) is 4.39. The van der Waals surface area contributed by atoms with Crippen LogP contribution in [0.4, 0.5) is 0 Å². The molecule has 2 N–H and O–H groups in total. The van der Waals surface area contributed by atoms with E-state index in [2.05, 4.69) is 21.2 Å². The zero-order chi connectivity index (χ0) is 15.2. The monoisotopic (exact) mass is 359 g/mol. The number of thioether (sulfide) groups is 1. The number of aliphatic carboxylic acids is 1. The van der Waals surface area contributed by atoms with E-state index in [-0.39, 0.29) is 11.7 Å². The Hall–Kier alpha value is -1.01. The van der Waals surface area contributed by atoms with Crippen molar-refractivity contribution in [2.45, 2.75) is 37.1 Å². The highest BCUT2D eigenvalue weighted by Crippen LogP contribution is 2.21. The van der Waals surface area contributed by atoms with Crippen molar-refractivity contribution >= 4 is 39.6 Å². The molecule has 0 saturated carbocycles. The van der Waals surface area contributed by atoms with Gasteiger partial charge in [0.25, 0.3) is 0 Å². The molecule has 0 atom stereocenters. The highest BCUT2D eigenvalue weighted by atomic mass is 79.9. The lowest BCUT2D eigenvalue weighted by Crippen LogP contribution is -2.54. The Bertz CT molecular complexity index is 472. The maximum atomic E-state index is 11.9. The van der Waals surface area contributed by atoms with Crippen LogP contribution in [0.3, 0.4) is 0 Å². The Balaban J connectivity index is 2.58. The number of carbonyl (C=O) groups excluding carboxylic acids is 1. The quantitative estimate of drug-likeness (QED) is 0.733. The molecule has 6 heteroatoms. The van der Waals surface area contributed by atoms with Crippen LogP contribution in [0.1, 0.15) is 26.7 Å². The summed E-state index contributed by atoms with van der Waals surface area (Å²) < 4.78 is 0.980. The first-order valence-corrected chi connectivity index (χ1v) is 8.14. The molecule has 1 amide bonds. The zero-order valence-corrected chi connectivity index (χ0v) is 13.9. The number of nitrogens with one attached hydrogen (secondary N) is 1. The molecule has 0 aromatic heterocycles. The Kier molecular flexibility index (Phi) is 6.55. The van der Waals surface area contributed by atoms with Crippen LogP contribution in [0.25, 0.3) is 0 Å². The fourth-order valence-corrected chi connectivity index (χ4v) is 2.73. The highest BCUT2D eigenvalue weighted by Gasteiger charge is 2.36. The fourth-order valence-electron chi connectivity index (χ4n) is 1.77. The van der Waals surface area contributed by atoms with Gasteiger partial charge in [0.2, 0.25) is 5.91 Å². The number of hydrogen-bond acceptors (Lipinski definition) is 3. The first-order valence-electron chi connectivity index (χ1n) is 6.36. The van der Waals surface area contributed by atoms with Crippen molar-refractivity contribution in [1.29, 1.82) is 0 Å². The third-order valence-electron chi connectivity index (χ3n) is 3.18. The second-order valence-corrected chi connectivity index (χ2v) is 6.35. The minimum Gasteiger partial charge on any atom is -0.480 e. The smallest absolute Gasteiger partial charge is 0.329 e. The molecule has 20 heavy (non-hydrogen) atoms. The Morgan fingerprint density at radius 3 is 2.25 bits per heavy atom. The number of hydrogen-bond donors (Lipinski definition) is 2. The van der Waals surface area contributed by atoms with Crippen LogP contribution in [-0.4, -0.2) is 28.3 Å². The molecule has 0 spiro atoms. The normalized spacial score (nSPS) is 11.2. The van der Waals surface area contributed by atoms with Gasteiger partial charge in [-0.25, -0.2) is 4.79 Å². The summed E-state index contributed by atoms with van der Waals surface area (Å²) in [6.45, 7) is 3.53.